The summed E-state index contributed by atoms with van der Waals surface area (Å²) >= 11 is 0. The van der Waals surface area contributed by atoms with E-state index < -0.39 is 0 Å². The number of rotatable bonds is 8. The number of aromatic nitrogens is 2. The zero-order chi connectivity index (χ0) is 19.9. The van der Waals surface area contributed by atoms with Crippen LogP contribution in [0.3, 0.4) is 0 Å². The van der Waals surface area contributed by atoms with Gasteiger partial charge in [0, 0.05) is 12.0 Å². The minimum atomic E-state index is -0.0716. The fourth-order valence-electron chi connectivity index (χ4n) is 2.80. The number of carbonyl (C=O) groups is 1. The summed E-state index contributed by atoms with van der Waals surface area (Å²) in [5, 5.41) is 6.76. The Bertz CT molecular complexity index is 935. The predicted octanol–water partition coefficient (Wildman–Crippen LogP) is 3.31. The second-order valence-corrected chi connectivity index (χ2v) is 6.32. The lowest BCUT2D eigenvalue weighted by Crippen LogP contribution is -2.23. The quantitative estimate of drug-likeness (QED) is 0.644. The Morgan fingerprint density at radius 1 is 1.11 bits per heavy atom. The first-order valence-electron chi connectivity index (χ1n) is 8.96. The molecule has 7 nitrogen and oxygen atoms in total. The van der Waals surface area contributed by atoms with E-state index in [2.05, 4.69) is 15.5 Å². The molecule has 7 heteroatoms. The molecule has 0 aliphatic heterocycles. The fraction of sp³-hybridized carbons (Fsp3) is 0.286. The number of aryl methyl sites for hydroxylation is 2. The van der Waals surface area contributed by atoms with E-state index in [9.17, 15) is 4.79 Å². The van der Waals surface area contributed by atoms with Crippen molar-refractivity contribution in [1.82, 2.24) is 15.5 Å². The van der Waals surface area contributed by atoms with Crippen molar-refractivity contribution < 1.29 is 18.8 Å². The topological polar surface area (TPSA) is 86.5 Å². The molecule has 0 atom stereocenters. The van der Waals surface area contributed by atoms with Gasteiger partial charge in [0.25, 0.3) is 0 Å². The summed E-state index contributed by atoms with van der Waals surface area (Å²) in [6.45, 7) is 2.18. The molecule has 0 radical (unpaired) electrons. The maximum absolute atomic E-state index is 12.1. The Kier molecular flexibility index (Phi) is 6.26. The number of hydrogen-bond acceptors (Lipinski definition) is 6. The molecule has 0 bridgehead atoms. The highest BCUT2D eigenvalue weighted by atomic mass is 16.5. The van der Waals surface area contributed by atoms with Gasteiger partial charge in [0.15, 0.2) is 0 Å². The highest BCUT2D eigenvalue weighted by molar-refractivity contribution is 5.76. The number of carbonyl (C=O) groups excluding carboxylic acids is 1. The summed E-state index contributed by atoms with van der Waals surface area (Å²) < 4.78 is 15.6. The number of ether oxygens (including phenoxy) is 2. The molecule has 2 aromatic carbocycles. The summed E-state index contributed by atoms with van der Waals surface area (Å²) in [7, 11) is 3.26. The number of nitrogens with one attached hydrogen (secondary N) is 1. The summed E-state index contributed by atoms with van der Waals surface area (Å²) in [5.74, 6) is 2.36. The van der Waals surface area contributed by atoms with Gasteiger partial charge in [0.05, 0.1) is 20.8 Å². The molecule has 0 saturated heterocycles. The van der Waals surface area contributed by atoms with E-state index in [4.69, 9.17) is 14.0 Å². The molecule has 0 unspecified atom stereocenters. The smallest absolute Gasteiger partial charge is 0.246 e. The van der Waals surface area contributed by atoms with E-state index in [1.807, 2.05) is 49.4 Å². The van der Waals surface area contributed by atoms with Crippen molar-refractivity contribution in [2.24, 2.45) is 0 Å². The molecule has 28 heavy (non-hydrogen) atoms. The first-order valence-corrected chi connectivity index (χ1v) is 8.96. The van der Waals surface area contributed by atoms with Crippen LogP contribution in [0.5, 0.6) is 11.5 Å². The molecule has 3 aromatic rings. The third-order valence-electron chi connectivity index (χ3n) is 4.35. The molecular weight excluding hydrogens is 358 g/mol. The van der Waals surface area contributed by atoms with Crippen molar-refractivity contribution >= 4 is 5.91 Å². The van der Waals surface area contributed by atoms with Gasteiger partial charge in [-0.2, -0.15) is 4.98 Å². The van der Waals surface area contributed by atoms with Crippen molar-refractivity contribution in [3.63, 3.8) is 0 Å². The van der Waals surface area contributed by atoms with Crippen molar-refractivity contribution in [3.05, 3.63) is 59.5 Å². The molecule has 0 fully saturated rings. The third-order valence-corrected chi connectivity index (χ3v) is 4.35. The van der Waals surface area contributed by atoms with Crippen LogP contribution in [-0.4, -0.2) is 30.3 Å². The normalized spacial score (nSPS) is 10.5. The lowest BCUT2D eigenvalue weighted by molar-refractivity contribution is -0.121. The monoisotopic (exact) mass is 381 g/mol. The van der Waals surface area contributed by atoms with Crippen LogP contribution in [0, 0.1) is 6.92 Å². The molecule has 146 valence electrons. The Labute approximate surface area is 163 Å². The number of nitrogens with zero attached hydrogens (tertiary/aromatic N) is 2. The van der Waals surface area contributed by atoms with E-state index in [-0.39, 0.29) is 12.5 Å². The summed E-state index contributed by atoms with van der Waals surface area (Å²) in [6.07, 6.45) is 1.03. The Balaban J connectivity index is 1.49. The number of benzene rings is 2. The molecule has 1 amide bonds. The van der Waals surface area contributed by atoms with Crippen LogP contribution in [-0.2, 0) is 17.8 Å². The molecular formula is C21H23N3O4. The zero-order valence-corrected chi connectivity index (χ0v) is 16.2. The molecule has 0 spiro atoms. The van der Waals surface area contributed by atoms with Gasteiger partial charge in [0.2, 0.25) is 17.6 Å². The zero-order valence-electron chi connectivity index (χ0n) is 16.2. The van der Waals surface area contributed by atoms with Crippen LogP contribution in [0.15, 0.2) is 47.0 Å². The number of methoxy groups -OCH3 is 2. The number of hydrogen-bond donors (Lipinski definition) is 1. The van der Waals surface area contributed by atoms with Gasteiger partial charge in [-0.3, -0.25) is 4.79 Å². The molecule has 1 heterocycles. The highest BCUT2D eigenvalue weighted by Crippen LogP contribution is 2.20. The Morgan fingerprint density at radius 2 is 1.89 bits per heavy atom. The number of amides is 1. The second kappa shape index (κ2) is 9.03. The summed E-state index contributed by atoms with van der Waals surface area (Å²) in [4.78, 5) is 16.4. The molecule has 1 N–H and O–H groups in total. The van der Waals surface area contributed by atoms with Gasteiger partial charge < -0.3 is 19.3 Å². The van der Waals surface area contributed by atoms with Gasteiger partial charge in [-0.25, -0.2) is 0 Å². The van der Waals surface area contributed by atoms with E-state index in [0.29, 0.717) is 24.6 Å². The van der Waals surface area contributed by atoms with E-state index >= 15 is 0 Å². The average molecular weight is 381 g/mol. The summed E-state index contributed by atoms with van der Waals surface area (Å²) in [5.41, 5.74) is 2.96. The molecule has 3 rings (SSSR count). The van der Waals surface area contributed by atoms with Crippen LogP contribution in [0.1, 0.15) is 23.4 Å². The van der Waals surface area contributed by atoms with Crippen molar-refractivity contribution in [2.45, 2.75) is 26.3 Å². The maximum atomic E-state index is 12.1. The predicted molar refractivity (Wildman–Crippen MR) is 104 cm³/mol. The molecule has 0 aliphatic rings. The first-order chi connectivity index (χ1) is 13.6. The van der Waals surface area contributed by atoms with Gasteiger partial charge >= 0.3 is 0 Å². The van der Waals surface area contributed by atoms with Crippen LogP contribution in [0.4, 0.5) is 0 Å². The maximum Gasteiger partial charge on any atom is 0.246 e. The third kappa shape index (κ3) is 4.88. The SMILES string of the molecule is COc1ccc(-c2noc(CNC(=O)CCc3ccc(OC)c(C)c3)n2)cc1. The lowest BCUT2D eigenvalue weighted by Gasteiger charge is -2.07. The largest absolute Gasteiger partial charge is 0.497 e. The van der Waals surface area contributed by atoms with E-state index in [0.717, 1.165) is 28.2 Å². The van der Waals surface area contributed by atoms with Gasteiger partial charge in [-0.1, -0.05) is 17.3 Å². The molecule has 1 aromatic heterocycles. The fourth-order valence-corrected chi connectivity index (χ4v) is 2.80. The van der Waals surface area contributed by atoms with Crippen LogP contribution in [0.2, 0.25) is 0 Å². The van der Waals surface area contributed by atoms with Crippen LogP contribution in [0.25, 0.3) is 11.4 Å². The first kappa shape index (κ1) is 19.4. The standard InChI is InChI=1S/C21H23N3O4/c1-14-12-15(4-10-18(14)27-3)5-11-19(25)22-13-20-23-21(24-28-20)16-6-8-17(26-2)9-7-16/h4,6-10,12H,5,11,13H2,1-3H3,(H,22,25). The van der Waals surface area contributed by atoms with Gasteiger partial charge in [-0.15, -0.1) is 0 Å². The van der Waals surface area contributed by atoms with E-state index in [1.54, 1.807) is 14.2 Å². The molecule has 0 aliphatic carbocycles. The summed E-state index contributed by atoms with van der Waals surface area (Å²) in [6, 6.07) is 13.3. The lowest BCUT2D eigenvalue weighted by atomic mass is 10.1. The van der Waals surface area contributed by atoms with Crippen molar-refractivity contribution in [1.29, 1.82) is 0 Å². The van der Waals surface area contributed by atoms with Crippen LogP contribution >= 0.6 is 0 Å². The Hall–Kier alpha value is -3.35. The highest BCUT2D eigenvalue weighted by Gasteiger charge is 2.10. The van der Waals surface area contributed by atoms with Gasteiger partial charge in [0.1, 0.15) is 11.5 Å². The average Bonchev–Trinajstić information content (AvgIpc) is 3.20. The minimum absolute atomic E-state index is 0.0716. The minimum Gasteiger partial charge on any atom is -0.497 e. The molecule has 0 saturated carbocycles. The van der Waals surface area contributed by atoms with Crippen molar-refractivity contribution in [2.75, 3.05) is 14.2 Å². The van der Waals surface area contributed by atoms with E-state index in [1.165, 1.54) is 0 Å². The second-order valence-electron chi connectivity index (χ2n) is 6.32. The van der Waals surface area contributed by atoms with Gasteiger partial charge in [-0.05, 0) is 54.8 Å². The Morgan fingerprint density at radius 3 is 2.57 bits per heavy atom. The van der Waals surface area contributed by atoms with Crippen molar-refractivity contribution in [3.8, 4) is 22.9 Å². The van der Waals surface area contributed by atoms with Crippen LogP contribution < -0.4 is 14.8 Å².